The average molecular weight is 324 g/mol. The maximum atomic E-state index is 5.12. The molecule has 0 aliphatic carbocycles. The molecule has 0 bridgehead atoms. The lowest BCUT2D eigenvalue weighted by atomic mass is 10.2. The van der Waals surface area contributed by atoms with Crippen molar-refractivity contribution in [3.63, 3.8) is 0 Å². The van der Waals surface area contributed by atoms with E-state index in [1.807, 2.05) is 24.3 Å². The molecule has 0 saturated heterocycles. The van der Waals surface area contributed by atoms with E-state index in [1.165, 1.54) is 0 Å². The van der Waals surface area contributed by atoms with E-state index < -0.39 is 0 Å². The van der Waals surface area contributed by atoms with Gasteiger partial charge in [0.05, 0.1) is 24.4 Å². The van der Waals surface area contributed by atoms with E-state index in [0.29, 0.717) is 18.4 Å². The van der Waals surface area contributed by atoms with Crippen molar-refractivity contribution in [1.82, 2.24) is 9.97 Å². The van der Waals surface area contributed by atoms with Crippen molar-refractivity contribution >= 4 is 27.6 Å². The first-order valence-corrected chi connectivity index (χ1v) is 6.43. The van der Waals surface area contributed by atoms with E-state index in [-0.39, 0.29) is 0 Å². The molecule has 0 radical (unpaired) electrons. The fourth-order valence-corrected chi connectivity index (χ4v) is 1.89. The van der Waals surface area contributed by atoms with Gasteiger partial charge in [0.2, 0.25) is 11.8 Å². The Hall–Kier alpha value is -1.66. The fraction of sp³-hybridized carbons (Fsp3) is 0.231. The molecule has 1 aromatic heterocycles. The zero-order valence-corrected chi connectivity index (χ0v) is 12.3. The Morgan fingerprint density at radius 1 is 1.21 bits per heavy atom. The monoisotopic (exact) mass is 323 g/mol. The van der Waals surface area contributed by atoms with Crippen molar-refractivity contribution in [2.45, 2.75) is 6.61 Å². The van der Waals surface area contributed by atoms with Crippen molar-refractivity contribution in [1.29, 1.82) is 0 Å². The second-order valence-electron chi connectivity index (χ2n) is 3.81. The van der Waals surface area contributed by atoms with Gasteiger partial charge in [-0.05, 0) is 33.6 Å². The van der Waals surface area contributed by atoms with Gasteiger partial charge in [-0.1, -0.05) is 12.1 Å². The van der Waals surface area contributed by atoms with Gasteiger partial charge in [-0.3, -0.25) is 0 Å². The molecule has 2 aromatic rings. The molecule has 100 valence electrons. The molecule has 0 aliphatic heterocycles. The number of halogens is 1. The second kappa shape index (κ2) is 6.49. The zero-order valence-electron chi connectivity index (χ0n) is 10.7. The Bertz CT molecular complexity index is 546. The molecule has 0 saturated carbocycles. The third-order valence-electron chi connectivity index (χ3n) is 2.43. The van der Waals surface area contributed by atoms with Gasteiger partial charge in [-0.15, -0.1) is 0 Å². The molecule has 5 nitrogen and oxygen atoms in total. The summed E-state index contributed by atoms with van der Waals surface area (Å²) in [5, 5.41) is 3.11. The maximum Gasteiger partial charge on any atom is 0.232 e. The highest BCUT2D eigenvalue weighted by molar-refractivity contribution is 9.10. The van der Waals surface area contributed by atoms with Gasteiger partial charge in [0.15, 0.2) is 0 Å². The Balaban J connectivity index is 2.12. The molecule has 0 atom stereocenters. The van der Waals surface area contributed by atoms with Crippen LogP contribution in [-0.2, 0) is 11.3 Å². The molecule has 0 amide bonds. The minimum absolute atomic E-state index is 0.486. The van der Waals surface area contributed by atoms with E-state index in [0.717, 1.165) is 15.7 Å². The summed E-state index contributed by atoms with van der Waals surface area (Å²) in [6.45, 7) is 0.600. The van der Waals surface area contributed by atoms with E-state index in [9.17, 15) is 0 Å². The third kappa shape index (κ3) is 3.65. The average Bonchev–Trinajstić information content (AvgIpc) is 2.43. The van der Waals surface area contributed by atoms with E-state index >= 15 is 0 Å². The minimum Gasteiger partial charge on any atom is -0.480 e. The first-order chi connectivity index (χ1) is 9.22. The van der Waals surface area contributed by atoms with Crippen LogP contribution in [0.3, 0.4) is 0 Å². The van der Waals surface area contributed by atoms with Crippen LogP contribution in [0.5, 0.6) is 5.88 Å². The van der Waals surface area contributed by atoms with Crippen molar-refractivity contribution in [3.8, 4) is 5.88 Å². The van der Waals surface area contributed by atoms with Crippen LogP contribution in [0.4, 0.5) is 11.6 Å². The van der Waals surface area contributed by atoms with Crippen LogP contribution in [-0.4, -0.2) is 24.2 Å². The molecule has 1 heterocycles. The van der Waals surface area contributed by atoms with Crippen molar-refractivity contribution in [3.05, 3.63) is 40.5 Å². The van der Waals surface area contributed by atoms with Gasteiger partial charge >= 0.3 is 0 Å². The predicted octanol–water partition coefficient (Wildman–Crippen LogP) is 3.14. The molecular weight excluding hydrogens is 310 g/mol. The quantitative estimate of drug-likeness (QED) is 0.916. The first-order valence-electron chi connectivity index (χ1n) is 5.64. The van der Waals surface area contributed by atoms with Crippen LogP contribution in [0.15, 0.2) is 34.9 Å². The molecular formula is C13H14BrN3O2. The van der Waals surface area contributed by atoms with Gasteiger partial charge in [0.1, 0.15) is 0 Å². The smallest absolute Gasteiger partial charge is 0.232 e. The zero-order chi connectivity index (χ0) is 13.7. The van der Waals surface area contributed by atoms with Gasteiger partial charge < -0.3 is 14.8 Å². The predicted molar refractivity (Wildman–Crippen MR) is 76.7 cm³/mol. The Morgan fingerprint density at radius 3 is 2.58 bits per heavy atom. The largest absolute Gasteiger partial charge is 0.480 e. The van der Waals surface area contributed by atoms with Crippen LogP contribution >= 0.6 is 15.9 Å². The number of rotatable bonds is 5. The summed E-state index contributed by atoms with van der Waals surface area (Å²) in [5.41, 5.74) is 2.02. The van der Waals surface area contributed by atoms with Crippen LogP contribution in [0.25, 0.3) is 0 Å². The van der Waals surface area contributed by atoms with Gasteiger partial charge in [-0.2, -0.15) is 4.98 Å². The molecule has 2 rings (SSSR count). The van der Waals surface area contributed by atoms with E-state index in [1.54, 1.807) is 20.4 Å². The van der Waals surface area contributed by atoms with Gasteiger partial charge in [0, 0.05) is 12.8 Å². The van der Waals surface area contributed by atoms with Crippen LogP contribution in [0.2, 0.25) is 0 Å². The maximum absolute atomic E-state index is 5.12. The Kier molecular flexibility index (Phi) is 4.70. The number of nitrogens with zero attached hydrogens (tertiary/aromatic N) is 2. The highest BCUT2D eigenvalue weighted by Crippen LogP contribution is 2.23. The lowest BCUT2D eigenvalue weighted by Gasteiger charge is -2.08. The molecule has 1 N–H and O–H groups in total. The van der Waals surface area contributed by atoms with Gasteiger partial charge in [0.25, 0.3) is 0 Å². The Labute approximate surface area is 120 Å². The van der Waals surface area contributed by atoms with Crippen LogP contribution in [0.1, 0.15) is 5.56 Å². The SMILES string of the molecule is COCc1ccc(Nc2ncc(Br)c(OC)n2)cc1. The highest BCUT2D eigenvalue weighted by atomic mass is 79.9. The second-order valence-corrected chi connectivity index (χ2v) is 4.66. The number of nitrogens with one attached hydrogen (secondary N) is 1. The molecule has 0 fully saturated rings. The van der Waals surface area contributed by atoms with Crippen LogP contribution < -0.4 is 10.1 Å². The summed E-state index contributed by atoms with van der Waals surface area (Å²) in [6, 6.07) is 7.88. The van der Waals surface area contributed by atoms with Crippen molar-refractivity contribution in [2.24, 2.45) is 0 Å². The van der Waals surface area contributed by atoms with Crippen LogP contribution in [0, 0.1) is 0 Å². The number of ether oxygens (including phenoxy) is 2. The number of hydrogen-bond donors (Lipinski definition) is 1. The fourth-order valence-electron chi connectivity index (χ4n) is 1.53. The normalized spacial score (nSPS) is 10.3. The number of anilines is 2. The number of methoxy groups -OCH3 is 2. The molecule has 0 unspecified atom stereocenters. The first kappa shape index (κ1) is 13.8. The third-order valence-corrected chi connectivity index (χ3v) is 2.97. The standard InChI is InChI=1S/C13H14BrN3O2/c1-18-8-9-3-5-10(6-4-9)16-13-15-7-11(14)12(17-13)19-2/h3-7H,8H2,1-2H3,(H,15,16,17). The van der Waals surface area contributed by atoms with Crippen molar-refractivity contribution in [2.75, 3.05) is 19.5 Å². The highest BCUT2D eigenvalue weighted by Gasteiger charge is 2.05. The summed E-state index contributed by atoms with van der Waals surface area (Å²) in [4.78, 5) is 8.40. The molecule has 0 aliphatic rings. The summed E-state index contributed by atoms with van der Waals surface area (Å²) in [6.07, 6.45) is 1.65. The van der Waals surface area contributed by atoms with E-state index in [4.69, 9.17) is 9.47 Å². The summed E-state index contributed by atoms with van der Waals surface area (Å²) < 4.78 is 10.9. The lowest BCUT2D eigenvalue weighted by molar-refractivity contribution is 0.185. The molecule has 19 heavy (non-hydrogen) atoms. The molecule has 1 aromatic carbocycles. The Morgan fingerprint density at radius 2 is 1.95 bits per heavy atom. The lowest BCUT2D eigenvalue weighted by Crippen LogP contribution is -1.99. The number of aromatic nitrogens is 2. The van der Waals surface area contributed by atoms with E-state index in [2.05, 4.69) is 31.2 Å². The number of hydrogen-bond acceptors (Lipinski definition) is 5. The number of benzene rings is 1. The minimum atomic E-state index is 0.486. The van der Waals surface area contributed by atoms with Gasteiger partial charge in [-0.25, -0.2) is 4.98 Å². The summed E-state index contributed by atoms with van der Waals surface area (Å²) in [7, 11) is 3.24. The molecule has 6 heteroatoms. The molecule has 0 spiro atoms. The topological polar surface area (TPSA) is 56.3 Å². The summed E-state index contributed by atoms with van der Waals surface area (Å²) in [5.74, 6) is 0.980. The van der Waals surface area contributed by atoms with Crippen molar-refractivity contribution < 1.29 is 9.47 Å². The summed E-state index contributed by atoms with van der Waals surface area (Å²) >= 11 is 3.31.